The Balaban J connectivity index is 2.18. The fourth-order valence-electron chi connectivity index (χ4n) is 3.82. The Morgan fingerprint density at radius 1 is 1.03 bits per heavy atom. The zero-order valence-electron chi connectivity index (χ0n) is 20.1. The van der Waals surface area contributed by atoms with Crippen LogP contribution in [0.25, 0.3) is 0 Å². The maximum absolute atomic E-state index is 13.1. The topological polar surface area (TPSA) is 118 Å². The van der Waals surface area contributed by atoms with Crippen LogP contribution in [0.5, 0.6) is 5.75 Å². The molecule has 0 amide bonds. The van der Waals surface area contributed by atoms with Crippen LogP contribution in [-0.4, -0.2) is 58.3 Å². The molecule has 2 N–H and O–H groups in total. The molecular formula is C26H28N4O5. The lowest BCUT2D eigenvalue weighted by Gasteiger charge is -2.35. The first kappa shape index (κ1) is 25.3. The van der Waals surface area contributed by atoms with Crippen molar-refractivity contribution in [3.63, 3.8) is 0 Å². The number of rotatable bonds is 8. The first-order chi connectivity index (χ1) is 16.8. The summed E-state index contributed by atoms with van der Waals surface area (Å²) >= 11 is 0. The minimum Gasteiger partial charge on any atom is -0.492 e. The lowest BCUT2D eigenvalue weighted by Crippen LogP contribution is -2.40. The Labute approximate surface area is 204 Å². The van der Waals surface area contributed by atoms with E-state index in [1.165, 1.54) is 19.1 Å². The molecule has 3 rings (SSSR count). The summed E-state index contributed by atoms with van der Waals surface area (Å²) in [5.41, 5.74) is 7.49. The second-order valence-corrected chi connectivity index (χ2v) is 7.98. The van der Waals surface area contributed by atoms with Gasteiger partial charge in [-0.15, -0.1) is 0 Å². The molecule has 182 valence electrons. The van der Waals surface area contributed by atoms with Crippen LogP contribution in [0, 0.1) is 11.3 Å². The maximum Gasteiger partial charge on any atom is 0.355 e. The van der Waals surface area contributed by atoms with Gasteiger partial charge in [0.2, 0.25) is 0 Å². The lowest BCUT2D eigenvalue weighted by atomic mass is 9.81. The molecule has 1 aliphatic heterocycles. The first-order valence-corrected chi connectivity index (χ1v) is 10.9. The van der Waals surface area contributed by atoms with Crippen molar-refractivity contribution in [2.75, 3.05) is 46.4 Å². The van der Waals surface area contributed by atoms with Gasteiger partial charge in [-0.25, -0.2) is 9.59 Å². The van der Waals surface area contributed by atoms with Crippen LogP contribution in [0.1, 0.15) is 11.5 Å². The quantitative estimate of drug-likeness (QED) is 0.573. The van der Waals surface area contributed by atoms with Crippen molar-refractivity contribution in [2.45, 2.75) is 5.92 Å². The highest BCUT2D eigenvalue weighted by Gasteiger charge is 2.42. The van der Waals surface area contributed by atoms with Crippen molar-refractivity contribution in [1.82, 2.24) is 4.90 Å². The molecule has 1 atom stereocenters. The Morgan fingerprint density at radius 3 is 2.20 bits per heavy atom. The number of hydrogen-bond donors (Lipinski definition) is 1. The third-order valence-corrected chi connectivity index (χ3v) is 5.51. The molecule has 35 heavy (non-hydrogen) atoms. The predicted molar refractivity (Wildman–Crippen MR) is 130 cm³/mol. The monoisotopic (exact) mass is 476 g/mol. The van der Waals surface area contributed by atoms with E-state index >= 15 is 0 Å². The Morgan fingerprint density at radius 2 is 1.66 bits per heavy atom. The molecule has 0 saturated carbocycles. The molecule has 0 spiro atoms. The van der Waals surface area contributed by atoms with Crippen molar-refractivity contribution in [3.8, 4) is 11.8 Å². The normalized spacial score (nSPS) is 15.7. The summed E-state index contributed by atoms with van der Waals surface area (Å²) in [7, 11) is 6.32. The van der Waals surface area contributed by atoms with Gasteiger partial charge >= 0.3 is 11.9 Å². The van der Waals surface area contributed by atoms with Crippen molar-refractivity contribution in [2.24, 2.45) is 5.73 Å². The summed E-state index contributed by atoms with van der Waals surface area (Å²) in [4.78, 5) is 29.4. The van der Waals surface area contributed by atoms with Gasteiger partial charge in [0.25, 0.3) is 0 Å². The van der Waals surface area contributed by atoms with Crippen LogP contribution in [0.3, 0.4) is 0 Å². The first-order valence-electron chi connectivity index (χ1n) is 10.9. The minimum atomic E-state index is -0.910. The van der Waals surface area contributed by atoms with Gasteiger partial charge in [0, 0.05) is 12.2 Å². The number of nitrogens with zero attached hydrogens (tertiary/aromatic N) is 3. The summed E-state index contributed by atoms with van der Waals surface area (Å²) in [5.74, 6) is -1.84. The van der Waals surface area contributed by atoms with Crippen LogP contribution < -0.4 is 15.4 Å². The van der Waals surface area contributed by atoms with E-state index < -0.39 is 17.9 Å². The smallest absolute Gasteiger partial charge is 0.355 e. The number of hydrogen-bond acceptors (Lipinski definition) is 9. The van der Waals surface area contributed by atoms with Gasteiger partial charge in [0.15, 0.2) is 0 Å². The minimum absolute atomic E-state index is 0.00989. The van der Waals surface area contributed by atoms with E-state index in [9.17, 15) is 14.9 Å². The number of benzene rings is 2. The van der Waals surface area contributed by atoms with Crippen molar-refractivity contribution in [1.29, 1.82) is 5.26 Å². The van der Waals surface area contributed by atoms with E-state index in [0.29, 0.717) is 23.6 Å². The predicted octanol–water partition coefficient (Wildman–Crippen LogP) is 2.52. The Hall–Kier alpha value is -4.29. The summed E-state index contributed by atoms with van der Waals surface area (Å²) < 4.78 is 15.8. The third kappa shape index (κ3) is 5.28. The molecule has 2 aromatic rings. The number of nitrogens with two attached hydrogens (primary N) is 1. The highest BCUT2D eigenvalue weighted by Crippen LogP contribution is 2.43. The van der Waals surface area contributed by atoms with Gasteiger partial charge in [-0.3, -0.25) is 4.90 Å². The third-order valence-electron chi connectivity index (χ3n) is 5.51. The summed E-state index contributed by atoms with van der Waals surface area (Å²) in [5, 5.41) is 10.1. The average Bonchev–Trinajstić information content (AvgIpc) is 2.87. The highest BCUT2D eigenvalue weighted by atomic mass is 16.5. The average molecular weight is 477 g/mol. The van der Waals surface area contributed by atoms with E-state index in [4.69, 9.17) is 19.9 Å². The molecule has 9 nitrogen and oxygen atoms in total. The molecule has 1 aliphatic rings. The fraction of sp³-hybridized carbons (Fsp3) is 0.269. The molecule has 2 aromatic carbocycles. The second kappa shape index (κ2) is 11.2. The molecule has 0 aliphatic carbocycles. The standard InChI is InChI=1S/C26H28N4O5/c1-29(2)14-15-35-19-12-10-18(11-13-19)30-23(26(32)34-4)22(25(31)33-3)21(20(16-27)24(30)28)17-8-6-5-7-9-17/h5-13,21H,14-15,28H2,1-4H3. The van der Waals surface area contributed by atoms with Crippen molar-refractivity contribution < 1.29 is 23.8 Å². The van der Waals surface area contributed by atoms with E-state index in [0.717, 1.165) is 6.54 Å². The van der Waals surface area contributed by atoms with Crippen LogP contribution in [0.15, 0.2) is 77.3 Å². The second-order valence-electron chi connectivity index (χ2n) is 7.98. The molecule has 9 heteroatoms. The number of esters is 2. The number of carbonyl (C=O) groups excluding carboxylic acids is 2. The van der Waals surface area contributed by atoms with Crippen LogP contribution >= 0.6 is 0 Å². The Kier molecular flexibility index (Phi) is 8.12. The molecule has 0 fully saturated rings. The SMILES string of the molecule is COC(=O)C1=C(C(=O)OC)N(c2ccc(OCCN(C)C)cc2)C(N)=C(C#N)C1c1ccccc1. The van der Waals surface area contributed by atoms with Crippen LogP contribution in [0.2, 0.25) is 0 Å². The van der Waals surface area contributed by atoms with Gasteiger partial charge in [-0.1, -0.05) is 30.3 Å². The lowest BCUT2D eigenvalue weighted by molar-refractivity contribution is -0.139. The number of carbonyl (C=O) groups is 2. The number of allylic oxidation sites excluding steroid dienone is 1. The van der Waals surface area contributed by atoms with E-state index in [2.05, 4.69) is 6.07 Å². The van der Waals surface area contributed by atoms with Gasteiger partial charge < -0.3 is 24.8 Å². The summed E-state index contributed by atoms with van der Waals surface area (Å²) in [6, 6.07) is 17.8. The Bertz CT molecular complexity index is 1180. The van der Waals surface area contributed by atoms with Gasteiger partial charge in [0.05, 0.1) is 37.4 Å². The molecular weight excluding hydrogens is 448 g/mol. The molecule has 0 saturated heterocycles. The largest absolute Gasteiger partial charge is 0.492 e. The molecule has 0 bridgehead atoms. The van der Waals surface area contributed by atoms with Gasteiger partial charge in [-0.05, 0) is 43.9 Å². The summed E-state index contributed by atoms with van der Waals surface area (Å²) in [6.45, 7) is 1.24. The number of anilines is 1. The maximum atomic E-state index is 13.1. The van der Waals surface area contributed by atoms with Crippen molar-refractivity contribution >= 4 is 17.6 Å². The fourth-order valence-corrected chi connectivity index (χ4v) is 3.82. The van der Waals surface area contributed by atoms with Gasteiger partial charge in [-0.2, -0.15) is 5.26 Å². The summed E-state index contributed by atoms with van der Waals surface area (Å²) in [6.07, 6.45) is 0. The van der Waals surface area contributed by atoms with Gasteiger partial charge in [0.1, 0.15) is 23.9 Å². The molecule has 0 aromatic heterocycles. The molecule has 0 radical (unpaired) electrons. The van der Waals surface area contributed by atoms with Crippen LogP contribution in [-0.2, 0) is 19.1 Å². The van der Waals surface area contributed by atoms with E-state index in [1.807, 2.05) is 25.1 Å². The zero-order valence-corrected chi connectivity index (χ0v) is 20.1. The van der Waals surface area contributed by atoms with Crippen LogP contribution in [0.4, 0.5) is 5.69 Å². The number of likely N-dealkylation sites (N-methyl/N-ethyl adjacent to an activating group) is 1. The van der Waals surface area contributed by atoms with Crippen molar-refractivity contribution in [3.05, 3.63) is 82.8 Å². The van der Waals surface area contributed by atoms with E-state index in [1.54, 1.807) is 48.5 Å². The number of ether oxygens (including phenoxy) is 3. The highest BCUT2D eigenvalue weighted by molar-refractivity contribution is 6.06. The number of nitriles is 1. The number of methoxy groups -OCH3 is 2. The molecule has 1 heterocycles. The van der Waals surface area contributed by atoms with E-state index in [-0.39, 0.29) is 22.7 Å². The zero-order chi connectivity index (χ0) is 25.5. The molecule has 1 unspecified atom stereocenters.